The minimum atomic E-state index is 0.530. The van der Waals surface area contributed by atoms with E-state index >= 15 is 0 Å². The summed E-state index contributed by atoms with van der Waals surface area (Å²) in [5.74, 6) is 3.27. The summed E-state index contributed by atoms with van der Waals surface area (Å²) in [7, 11) is 1.90. The number of anilines is 3. The average molecular weight is 272 g/mol. The summed E-state index contributed by atoms with van der Waals surface area (Å²) in [6.07, 6.45) is 6.12. The van der Waals surface area contributed by atoms with Crippen molar-refractivity contribution in [2.75, 3.05) is 17.2 Å². The van der Waals surface area contributed by atoms with Crippen molar-refractivity contribution >= 4 is 17.3 Å². The second-order valence-corrected chi connectivity index (χ2v) is 5.24. The van der Waals surface area contributed by atoms with Gasteiger partial charge < -0.3 is 10.6 Å². The highest BCUT2D eigenvalue weighted by molar-refractivity contribution is 5.64. The lowest BCUT2D eigenvalue weighted by molar-refractivity contribution is 0.768. The highest BCUT2D eigenvalue weighted by Gasteiger charge is 2.28. The molecule has 0 spiro atoms. The van der Waals surface area contributed by atoms with Crippen LogP contribution in [0.3, 0.4) is 0 Å². The van der Waals surface area contributed by atoms with Crippen molar-refractivity contribution in [2.24, 2.45) is 7.05 Å². The molecule has 0 amide bonds. The zero-order valence-corrected chi connectivity index (χ0v) is 12.1. The number of nitrogens with zero attached hydrogens (tertiary/aromatic N) is 4. The van der Waals surface area contributed by atoms with Crippen molar-refractivity contribution in [3.63, 3.8) is 0 Å². The molecule has 0 unspecified atom stereocenters. The molecule has 6 nitrogen and oxygen atoms in total. The van der Waals surface area contributed by atoms with E-state index < -0.39 is 0 Å². The van der Waals surface area contributed by atoms with Crippen molar-refractivity contribution < 1.29 is 0 Å². The van der Waals surface area contributed by atoms with Crippen LogP contribution in [-0.4, -0.2) is 26.3 Å². The molecule has 20 heavy (non-hydrogen) atoms. The van der Waals surface area contributed by atoms with E-state index in [-0.39, 0.29) is 0 Å². The Morgan fingerprint density at radius 1 is 1.30 bits per heavy atom. The Hall–Kier alpha value is -2.11. The monoisotopic (exact) mass is 272 g/mol. The maximum Gasteiger partial charge on any atom is 0.139 e. The number of aromatic nitrogens is 4. The summed E-state index contributed by atoms with van der Waals surface area (Å²) >= 11 is 0. The molecule has 6 heteroatoms. The van der Waals surface area contributed by atoms with E-state index in [1.54, 1.807) is 10.9 Å². The van der Waals surface area contributed by atoms with Gasteiger partial charge in [-0.25, -0.2) is 9.97 Å². The molecule has 1 aliphatic rings. The predicted octanol–water partition coefficient (Wildman–Crippen LogP) is 2.57. The van der Waals surface area contributed by atoms with E-state index in [1.165, 1.54) is 12.8 Å². The molecule has 0 radical (unpaired) electrons. The molecular formula is C14H20N6. The molecule has 2 N–H and O–H groups in total. The Kier molecular flexibility index (Phi) is 3.30. The molecule has 0 saturated heterocycles. The third kappa shape index (κ3) is 2.59. The minimum Gasteiger partial charge on any atom is -0.370 e. The number of hydrogen-bond donors (Lipinski definition) is 2. The Morgan fingerprint density at radius 3 is 2.65 bits per heavy atom. The minimum absolute atomic E-state index is 0.530. The molecule has 0 aliphatic heterocycles. The summed E-state index contributed by atoms with van der Waals surface area (Å²) in [4.78, 5) is 9.33. The Morgan fingerprint density at radius 2 is 2.05 bits per heavy atom. The van der Waals surface area contributed by atoms with Crippen LogP contribution in [0.5, 0.6) is 0 Å². The topological polar surface area (TPSA) is 67.7 Å². The lowest BCUT2D eigenvalue weighted by Gasteiger charge is -2.13. The third-order valence-corrected chi connectivity index (χ3v) is 3.42. The van der Waals surface area contributed by atoms with Gasteiger partial charge in [0, 0.05) is 31.3 Å². The molecule has 1 saturated carbocycles. The fourth-order valence-electron chi connectivity index (χ4n) is 2.14. The van der Waals surface area contributed by atoms with Gasteiger partial charge in [0.25, 0.3) is 0 Å². The summed E-state index contributed by atoms with van der Waals surface area (Å²) in [5, 5.41) is 10.8. The van der Waals surface area contributed by atoms with Gasteiger partial charge in [0.2, 0.25) is 0 Å². The van der Waals surface area contributed by atoms with Crippen LogP contribution in [0.25, 0.3) is 0 Å². The van der Waals surface area contributed by atoms with Crippen LogP contribution in [0.15, 0.2) is 12.4 Å². The van der Waals surface area contributed by atoms with Crippen LogP contribution in [0, 0.1) is 6.92 Å². The molecule has 0 bridgehead atoms. The second-order valence-electron chi connectivity index (χ2n) is 5.24. The van der Waals surface area contributed by atoms with E-state index in [9.17, 15) is 0 Å². The molecule has 1 fully saturated rings. The fraction of sp³-hybridized carbons (Fsp3) is 0.500. The molecule has 1 aliphatic carbocycles. The highest BCUT2D eigenvalue weighted by Crippen LogP contribution is 2.39. The first-order chi connectivity index (χ1) is 9.67. The van der Waals surface area contributed by atoms with Crippen LogP contribution in [0.1, 0.15) is 37.1 Å². The first-order valence-electron chi connectivity index (χ1n) is 7.05. The summed E-state index contributed by atoms with van der Waals surface area (Å²) in [6, 6.07) is 0. The Bertz CT molecular complexity index is 614. The number of rotatable bonds is 5. The maximum atomic E-state index is 4.68. The van der Waals surface area contributed by atoms with Gasteiger partial charge in [-0.15, -0.1) is 0 Å². The van der Waals surface area contributed by atoms with Gasteiger partial charge in [-0.1, -0.05) is 0 Å². The summed E-state index contributed by atoms with van der Waals surface area (Å²) in [6.45, 7) is 4.97. The number of nitrogens with one attached hydrogen (secondary N) is 2. The van der Waals surface area contributed by atoms with Gasteiger partial charge >= 0.3 is 0 Å². The molecule has 0 atom stereocenters. The van der Waals surface area contributed by atoms with E-state index in [0.29, 0.717) is 5.92 Å². The molecule has 3 rings (SSSR count). The van der Waals surface area contributed by atoms with Gasteiger partial charge in [-0.2, -0.15) is 5.10 Å². The maximum absolute atomic E-state index is 4.68. The zero-order chi connectivity index (χ0) is 14.1. The standard InChI is InChI=1S/C14H20N6/c1-4-15-12-9(2)13(17-11-7-16-20(3)8-11)19-14(18-12)10-5-6-10/h7-8,10H,4-6H2,1-3H3,(H2,15,17,18,19). The normalized spacial score (nSPS) is 14.3. The van der Waals surface area contributed by atoms with Gasteiger partial charge in [-0.05, 0) is 26.7 Å². The number of hydrogen-bond acceptors (Lipinski definition) is 5. The first-order valence-corrected chi connectivity index (χ1v) is 7.05. The highest BCUT2D eigenvalue weighted by atomic mass is 15.3. The van der Waals surface area contributed by atoms with Crippen LogP contribution in [0.4, 0.5) is 17.3 Å². The van der Waals surface area contributed by atoms with E-state index in [1.807, 2.05) is 20.2 Å². The van der Waals surface area contributed by atoms with Gasteiger partial charge in [0.1, 0.15) is 17.5 Å². The quantitative estimate of drug-likeness (QED) is 0.875. The molecule has 2 aromatic heterocycles. The van der Waals surface area contributed by atoms with Gasteiger partial charge in [0.05, 0.1) is 11.9 Å². The van der Waals surface area contributed by atoms with Crippen molar-refractivity contribution in [1.82, 2.24) is 19.7 Å². The number of aryl methyl sites for hydroxylation is 1. The van der Waals surface area contributed by atoms with E-state index in [0.717, 1.165) is 35.3 Å². The smallest absolute Gasteiger partial charge is 0.139 e. The Labute approximate surface area is 118 Å². The van der Waals surface area contributed by atoms with Crippen LogP contribution in [0.2, 0.25) is 0 Å². The van der Waals surface area contributed by atoms with Crippen LogP contribution in [-0.2, 0) is 7.05 Å². The Balaban J connectivity index is 1.94. The second kappa shape index (κ2) is 5.11. The van der Waals surface area contributed by atoms with E-state index in [2.05, 4.69) is 32.6 Å². The molecule has 106 valence electrons. The van der Waals surface area contributed by atoms with E-state index in [4.69, 9.17) is 0 Å². The van der Waals surface area contributed by atoms with Crippen molar-refractivity contribution in [3.8, 4) is 0 Å². The van der Waals surface area contributed by atoms with Crippen molar-refractivity contribution in [1.29, 1.82) is 0 Å². The summed E-state index contributed by atoms with van der Waals surface area (Å²) < 4.78 is 1.77. The SMILES string of the molecule is CCNc1nc(C2CC2)nc(Nc2cnn(C)c2)c1C. The van der Waals surface area contributed by atoms with Crippen molar-refractivity contribution in [2.45, 2.75) is 32.6 Å². The van der Waals surface area contributed by atoms with Gasteiger partial charge in [0.15, 0.2) is 0 Å². The largest absolute Gasteiger partial charge is 0.370 e. The van der Waals surface area contributed by atoms with Crippen molar-refractivity contribution in [3.05, 3.63) is 23.8 Å². The molecule has 2 heterocycles. The van der Waals surface area contributed by atoms with Gasteiger partial charge in [-0.3, -0.25) is 4.68 Å². The lowest BCUT2D eigenvalue weighted by atomic mass is 10.2. The fourth-order valence-corrected chi connectivity index (χ4v) is 2.14. The first kappa shape index (κ1) is 12.9. The lowest BCUT2D eigenvalue weighted by Crippen LogP contribution is -2.08. The third-order valence-electron chi connectivity index (χ3n) is 3.42. The van der Waals surface area contributed by atoms with Crippen LogP contribution < -0.4 is 10.6 Å². The molecule has 0 aromatic carbocycles. The zero-order valence-electron chi connectivity index (χ0n) is 12.1. The predicted molar refractivity (Wildman–Crippen MR) is 79.4 cm³/mol. The van der Waals surface area contributed by atoms with Crippen LogP contribution >= 0.6 is 0 Å². The molecule has 2 aromatic rings. The average Bonchev–Trinajstić information content (AvgIpc) is 3.19. The summed E-state index contributed by atoms with van der Waals surface area (Å²) in [5.41, 5.74) is 1.98. The molecular weight excluding hydrogens is 252 g/mol.